The number of carboxylic acid groups (broad SMARTS) is 1. The van der Waals surface area contributed by atoms with Gasteiger partial charge in [0.05, 0.1) is 18.9 Å². The lowest BCUT2D eigenvalue weighted by atomic mass is 9.96. The molecule has 13 heteroatoms. The largest absolute Gasteiger partial charge is 0.465 e. The monoisotopic (exact) mass is 571 g/mol. The molecule has 2 aliphatic rings. The van der Waals surface area contributed by atoms with E-state index in [4.69, 9.17) is 25.2 Å². The van der Waals surface area contributed by atoms with Crippen molar-refractivity contribution in [1.29, 1.82) is 0 Å². The van der Waals surface area contributed by atoms with E-state index in [1.807, 2.05) is 5.32 Å². The summed E-state index contributed by atoms with van der Waals surface area (Å²) in [6.45, 7) is 7.21. The number of carbonyl (C=O) groups is 1. The van der Waals surface area contributed by atoms with Gasteiger partial charge < -0.3 is 30.1 Å². The smallest absolute Gasteiger partial charge is 0.411 e. The number of oxime groups is 1. The van der Waals surface area contributed by atoms with Gasteiger partial charge in [-0.25, -0.2) is 24.1 Å². The molecule has 1 aromatic carbocycles. The van der Waals surface area contributed by atoms with Gasteiger partial charge in [0.15, 0.2) is 12.2 Å². The maximum atomic E-state index is 15.1. The van der Waals surface area contributed by atoms with Gasteiger partial charge in [0.2, 0.25) is 5.95 Å². The van der Waals surface area contributed by atoms with Crippen LogP contribution in [0.1, 0.15) is 51.5 Å². The van der Waals surface area contributed by atoms with Crippen molar-refractivity contribution in [3.63, 3.8) is 0 Å². The number of benzene rings is 1. The molecule has 0 radical (unpaired) electrons. The van der Waals surface area contributed by atoms with Crippen molar-refractivity contribution < 1.29 is 28.6 Å². The predicted octanol–water partition coefficient (Wildman–Crippen LogP) is 3.91. The van der Waals surface area contributed by atoms with Gasteiger partial charge in [0.25, 0.3) is 0 Å². The minimum Gasteiger partial charge on any atom is -0.465 e. The van der Waals surface area contributed by atoms with Crippen molar-refractivity contribution >= 4 is 23.7 Å². The predicted molar refractivity (Wildman–Crippen MR) is 152 cm³/mol. The number of nitrogens with zero attached hydrogens (tertiary/aromatic N) is 5. The molecular formula is C28H38FN7O5. The molecule has 222 valence electrons. The van der Waals surface area contributed by atoms with Crippen LogP contribution in [0, 0.1) is 11.2 Å². The number of hydrogen-bond acceptors (Lipinski definition) is 9. The highest BCUT2D eigenvalue weighted by molar-refractivity contribution is 5.92. The van der Waals surface area contributed by atoms with Crippen molar-refractivity contribution in [3.8, 4) is 11.1 Å². The number of nitrogens with one attached hydrogen (secondary N) is 1. The third-order valence-electron chi connectivity index (χ3n) is 6.75. The minimum absolute atomic E-state index is 0.117. The topological polar surface area (TPSA) is 157 Å². The number of halogens is 1. The normalized spacial score (nSPS) is 18.2. The zero-order chi connectivity index (χ0) is 29.2. The third kappa shape index (κ3) is 9.08. The van der Waals surface area contributed by atoms with Crippen molar-refractivity contribution in [2.45, 2.75) is 58.8 Å². The van der Waals surface area contributed by atoms with Crippen molar-refractivity contribution in [2.75, 3.05) is 37.8 Å². The number of amides is 1. The number of nitrogens with two attached hydrogens (primary N) is 1. The first-order valence-corrected chi connectivity index (χ1v) is 13.8. The first-order valence-electron chi connectivity index (χ1n) is 13.8. The molecule has 1 aromatic heterocycles. The van der Waals surface area contributed by atoms with Gasteiger partial charge in [-0.15, -0.1) is 0 Å². The number of ether oxygens (including phenoxy) is 2. The Balaban J connectivity index is 1.26. The summed E-state index contributed by atoms with van der Waals surface area (Å²) in [7, 11) is 0. The fourth-order valence-corrected chi connectivity index (χ4v) is 4.43. The number of hydrogen-bond donors (Lipinski definition) is 3. The number of piperidine rings is 1. The highest BCUT2D eigenvalue weighted by Crippen LogP contribution is 2.26. The van der Waals surface area contributed by atoms with Crippen LogP contribution in [0.2, 0.25) is 0 Å². The van der Waals surface area contributed by atoms with Crippen molar-refractivity contribution in [1.82, 2.24) is 15.3 Å². The molecule has 3 heterocycles. The van der Waals surface area contributed by atoms with Crippen molar-refractivity contribution in [3.05, 3.63) is 42.0 Å². The summed E-state index contributed by atoms with van der Waals surface area (Å²) in [5.74, 6) is -0.243. The van der Waals surface area contributed by atoms with E-state index in [9.17, 15) is 4.79 Å². The van der Waals surface area contributed by atoms with Crippen LogP contribution in [0.3, 0.4) is 0 Å². The van der Waals surface area contributed by atoms with E-state index >= 15 is 4.39 Å². The van der Waals surface area contributed by atoms with Gasteiger partial charge in [-0.1, -0.05) is 37.2 Å². The Kier molecular flexibility index (Phi) is 10.4. The van der Waals surface area contributed by atoms with Crippen LogP contribution in [0.4, 0.5) is 15.1 Å². The number of guanidine groups is 1. The maximum Gasteiger partial charge on any atom is 0.411 e. The quantitative estimate of drug-likeness (QED) is 0.218. The van der Waals surface area contributed by atoms with Gasteiger partial charge in [-0.05, 0) is 19.3 Å². The molecule has 0 aliphatic carbocycles. The number of rotatable bonds is 10. The number of aromatic nitrogens is 2. The Morgan fingerprint density at radius 3 is 2.68 bits per heavy atom. The zero-order valence-electron chi connectivity index (χ0n) is 23.5. The second-order valence-electron chi connectivity index (χ2n) is 10.9. The lowest BCUT2D eigenvalue weighted by Crippen LogP contribution is -2.35. The van der Waals surface area contributed by atoms with Crippen LogP contribution in [-0.4, -0.2) is 72.0 Å². The molecule has 0 bridgehead atoms. The molecule has 2 saturated heterocycles. The van der Waals surface area contributed by atoms with Crippen molar-refractivity contribution in [2.24, 2.45) is 21.3 Å². The molecule has 2 aliphatic heterocycles. The Hall–Kier alpha value is -3.84. The van der Waals surface area contributed by atoms with Gasteiger partial charge >= 0.3 is 6.09 Å². The number of anilines is 1. The Labute approximate surface area is 238 Å². The average Bonchev–Trinajstić information content (AvgIpc) is 2.96. The van der Waals surface area contributed by atoms with E-state index in [0.29, 0.717) is 43.4 Å². The van der Waals surface area contributed by atoms with Gasteiger partial charge in [-0.2, -0.15) is 0 Å². The summed E-state index contributed by atoms with van der Waals surface area (Å²) in [6, 6.07) is 4.87. The SMILES string of the molecule is CC(C)(CON=C1CCN(c2ncc(-c3cccc(CN=C(N)NC(=O)O)c3F)cn2)CC1)COC1CCCCO1. The second kappa shape index (κ2) is 14.2. The first kappa shape index (κ1) is 30.1. The Morgan fingerprint density at radius 1 is 1.24 bits per heavy atom. The summed E-state index contributed by atoms with van der Waals surface area (Å²) in [4.78, 5) is 31.2. The molecule has 0 spiro atoms. The Morgan fingerprint density at radius 2 is 2.00 bits per heavy atom. The molecule has 1 unspecified atom stereocenters. The van der Waals surface area contributed by atoms with Crippen LogP contribution in [0.5, 0.6) is 0 Å². The average molecular weight is 572 g/mol. The minimum atomic E-state index is -1.34. The van der Waals surface area contributed by atoms with Crippen LogP contribution in [0.25, 0.3) is 11.1 Å². The lowest BCUT2D eigenvalue weighted by molar-refractivity contribution is -0.180. The molecule has 0 saturated carbocycles. The molecule has 2 fully saturated rings. The molecular weight excluding hydrogens is 533 g/mol. The molecule has 41 heavy (non-hydrogen) atoms. The molecule has 12 nitrogen and oxygen atoms in total. The fourth-order valence-electron chi connectivity index (χ4n) is 4.43. The van der Waals surface area contributed by atoms with Gasteiger partial charge in [0.1, 0.15) is 12.4 Å². The van der Waals surface area contributed by atoms with E-state index in [1.165, 1.54) is 0 Å². The van der Waals surface area contributed by atoms with E-state index in [2.05, 4.69) is 38.9 Å². The maximum absolute atomic E-state index is 15.1. The summed E-state index contributed by atoms with van der Waals surface area (Å²) >= 11 is 0. The van der Waals surface area contributed by atoms with Crippen LogP contribution < -0.4 is 16.0 Å². The highest BCUT2D eigenvalue weighted by atomic mass is 19.1. The van der Waals surface area contributed by atoms with Crippen LogP contribution >= 0.6 is 0 Å². The molecule has 4 N–H and O–H groups in total. The lowest BCUT2D eigenvalue weighted by Gasteiger charge is -2.29. The summed E-state index contributed by atoms with van der Waals surface area (Å²) < 4.78 is 26.7. The second-order valence-corrected chi connectivity index (χ2v) is 10.9. The van der Waals surface area contributed by atoms with Crippen LogP contribution in [-0.2, 0) is 20.9 Å². The van der Waals surface area contributed by atoms with E-state index in [0.717, 1.165) is 44.4 Å². The first-order chi connectivity index (χ1) is 19.7. The summed E-state index contributed by atoms with van der Waals surface area (Å²) in [5.41, 5.74) is 7.39. The number of aliphatic imine (C=N–C) groups is 1. The summed E-state index contributed by atoms with van der Waals surface area (Å²) in [6.07, 6.45) is 6.35. The van der Waals surface area contributed by atoms with E-state index < -0.39 is 11.9 Å². The van der Waals surface area contributed by atoms with E-state index in [1.54, 1.807) is 30.6 Å². The molecule has 1 amide bonds. The van der Waals surface area contributed by atoms with Gasteiger partial charge in [0, 0.05) is 67.0 Å². The standard InChI is InChI=1S/C28H38FN7O5/c1-28(2,17-40-23-8-3-4-13-39-23)18-41-35-21-9-11-36(12-10-21)26-32-15-20(16-33-26)22-7-5-6-19(24(22)29)14-31-25(30)34-27(37)38/h5-7,15-16,23H,3-4,8-14,17-18H2,1-2H3,(H,37,38)(H3,30,31,34). The Bertz CT molecular complexity index is 1220. The van der Waals surface area contributed by atoms with Gasteiger partial charge in [-0.3, -0.25) is 5.32 Å². The third-order valence-corrected chi connectivity index (χ3v) is 6.75. The zero-order valence-corrected chi connectivity index (χ0v) is 23.5. The fraction of sp³-hybridized carbons (Fsp3) is 0.536. The molecule has 2 aromatic rings. The molecule has 4 rings (SSSR count). The highest BCUT2D eigenvalue weighted by Gasteiger charge is 2.24. The van der Waals surface area contributed by atoms with E-state index in [-0.39, 0.29) is 29.8 Å². The summed E-state index contributed by atoms with van der Waals surface area (Å²) in [5, 5.41) is 15.0. The molecule has 1 atom stereocenters. The van der Waals surface area contributed by atoms with Crippen LogP contribution in [0.15, 0.2) is 40.7 Å².